The Morgan fingerprint density at radius 1 is 1.09 bits per heavy atom. The molecule has 1 aromatic heterocycles. The summed E-state index contributed by atoms with van der Waals surface area (Å²) in [7, 11) is 0.840. The van der Waals surface area contributed by atoms with Gasteiger partial charge in [-0.15, -0.1) is 0 Å². The molecule has 3 rings (SSSR count). The standard InChI is InChI=1S/C25H35BN4O5/c1-24(2)25(3,4)35-26(34-24)19(13-9-12-17-10-7-6-8-11-17)30-23(32)18(16-33-5)20-21(22(27)31)29-15-14-28-20/h6-8,10-11,14-15,18-19H,9,12-13,16H2,1-5H3,(H2,27,31)(H,30,32)/t18-,19-/m0/s1. The lowest BCUT2D eigenvalue weighted by Gasteiger charge is -2.32. The van der Waals surface area contributed by atoms with Crippen molar-refractivity contribution in [2.24, 2.45) is 5.73 Å². The van der Waals surface area contributed by atoms with Crippen molar-refractivity contribution in [3.05, 3.63) is 59.7 Å². The first-order valence-electron chi connectivity index (χ1n) is 11.9. The molecule has 35 heavy (non-hydrogen) atoms. The molecule has 3 N–H and O–H groups in total. The molecular weight excluding hydrogens is 447 g/mol. The predicted molar refractivity (Wildman–Crippen MR) is 133 cm³/mol. The Labute approximate surface area is 207 Å². The molecule has 188 valence electrons. The van der Waals surface area contributed by atoms with Crippen LogP contribution in [0.2, 0.25) is 0 Å². The van der Waals surface area contributed by atoms with Gasteiger partial charge in [-0.1, -0.05) is 30.3 Å². The second-order valence-corrected chi connectivity index (χ2v) is 9.78. The van der Waals surface area contributed by atoms with E-state index in [2.05, 4.69) is 27.4 Å². The maximum Gasteiger partial charge on any atom is 0.481 e. The summed E-state index contributed by atoms with van der Waals surface area (Å²) in [5, 5.41) is 3.08. The summed E-state index contributed by atoms with van der Waals surface area (Å²) in [4.78, 5) is 33.7. The maximum absolute atomic E-state index is 13.5. The Kier molecular flexibility index (Phi) is 8.63. The van der Waals surface area contributed by atoms with E-state index in [-0.39, 0.29) is 23.9 Å². The van der Waals surface area contributed by atoms with E-state index in [0.717, 1.165) is 12.8 Å². The molecule has 0 aliphatic carbocycles. The Morgan fingerprint density at radius 3 is 2.31 bits per heavy atom. The molecule has 10 heteroatoms. The van der Waals surface area contributed by atoms with Crippen LogP contribution in [-0.4, -0.2) is 59.8 Å². The van der Waals surface area contributed by atoms with Gasteiger partial charge in [0.05, 0.1) is 29.4 Å². The summed E-state index contributed by atoms with van der Waals surface area (Å²) in [6.45, 7) is 7.90. The fourth-order valence-electron chi connectivity index (χ4n) is 4.02. The minimum atomic E-state index is -0.879. The van der Waals surface area contributed by atoms with Gasteiger partial charge in [-0.05, 0) is 52.5 Å². The first-order valence-corrected chi connectivity index (χ1v) is 11.9. The molecule has 0 bridgehead atoms. The van der Waals surface area contributed by atoms with Crippen molar-refractivity contribution in [3.8, 4) is 0 Å². The van der Waals surface area contributed by atoms with Crippen molar-refractivity contribution in [3.63, 3.8) is 0 Å². The largest absolute Gasteiger partial charge is 0.481 e. The van der Waals surface area contributed by atoms with Gasteiger partial charge < -0.3 is 25.1 Å². The lowest BCUT2D eigenvalue weighted by molar-refractivity contribution is -0.124. The van der Waals surface area contributed by atoms with Crippen LogP contribution in [0.3, 0.4) is 0 Å². The van der Waals surface area contributed by atoms with Gasteiger partial charge in [0, 0.05) is 19.5 Å². The first-order chi connectivity index (χ1) is 16.6. The van der Waals surface area contributed by atoms with Gasteiger partial charge in [0.25, 0.3) is 5.91 Å². The molecule has 1 aliphatic rings. The van der Waals surface area contributed by atoms with Crippen LogP contribution in [0, 0.1) is 0 Å². The number of ether oxygens (including phenoxy) is 1. The van der Waals surface area contributed by atoms with E-state index < -0.39 is 36.1 Å². The van der Waals surface area contributed by atoms with Gasteiger partial charge >= 0.3 is 7.12 Å². The fraction of sp³-hybridized carbons (Fsp3) is 0.520. The molecule has 9 nitrogen and oxygen atoms in total. The van der Waals surface area contributed by atoms with Crippen molar-refractivity contribution < 1.29 is 23.6 Å². The van der Waals surface area contributed by atoms with Crippen LogP contribution < -0.4 is 11.1 Å². The highest BCUT2D eigenvalue weighted by Gasteiger charge is 2.54. The van der Waals surface area contributed by atoms with E-state index in [1.54, 1.807) is 0 Å². The molecule has 2 atom stereocenters. The molecule has 0 spiro atoms. The summed E-state index contributed by atoms with van der Waals surface area (Å²) in [6, 6.07) is 10.2. The van der Waals surface area contributed by atoms with Gasteiger partial charge in [0.15, 0.2) is 0 Å². The van der Waals surface area contributed by atoms with Crippen LogP contribution in [0.5, 0.6) is 0 Å². The summed E-state index contributed by atoms with van der Waals surface area (Å²) in [5.41, 5.74) is 5.72. The van der Waals surface area contributed by atoms with Crippen molar-refractivity contribution in [1.29, 1.82) is 0 Å². The Hall–Kier alpha value is -2.82. The Balaban J connectivity index is 1.82. The SMILES string of the molecule is COC[C@H](C(=O)N[C@@H](CCCc1ccccc1)B1OC(C)(C)C(C)(C)O1)c1nccnc1C(N)=O. The highest BCUT2D eigenvalue weighted by Crippen LogP contribution is 2.38. The van der Waals surface area contributed by atoms with Crippen molar-refractivity contribution in [2.75, 3.05) is 13.7 Å². The number of aromatic nitrogens is 2. The van der Waals surface area contributed by atoms with Gasteiger partial charge in [0.2, 0.25) is 5.91 Å². The topological polar surface area (TPSA) is 126 Å². The molecule has 0 unspecified atom stereocenters. The van der Waals surface area contributed by atoms with Crippen LogP contribution >= 0.6 is 0 Å². The smallest absolute Gasteiger partial charge is 0.402 e. The van der Waals surface area contributed by atoms with E-state index in [1.807, 2.05) is 45.9 Å². The molecular formula is C25H35BN4O5. The zero-order valence-electron chi connectivity index (χ0n) is 21.1. The van der Waals surface area contributed by atoms with E-state index in [1.165, 1.54) is 25.1 Å². The predicted octanol–water partition coefficient (Wildman–Crippen LogP) is 2.44. The molecule has 0 saturated carbocycles. The lowest BCUT2D eigenvalue weighted by Crippen LogP contribution is -2.50. The third-order valence-electron chi connectivity index (χ3n) is 6.69. The van der Waals surface area contributed by atoms with Crippen LogP contribution in [0.25, 0.3) is 0 Å². The number of nitrogens with one attached hydrogen (secondary N) is 1. The van der Waals surface area contributed by atoms with Crippen LogP contribution in [0.15, 0.2) is 42.7 Å². The van der Waals surface area contributed by atoms with Crippen molar-refractivity contribution >= 4 is 18.9 Å². The summed E-state index contributed by atoms with van der Waals surface area (Å²) in [6.07, 6.45) is 5.07. The van der Waals surface area contributed by atoms with E-state index in [0.29, 0.717) is 6.42 Å². The van der Waals surface area contributed by atoms with Gasteiger partial charge in [-0.2, -0.15) is 0 Å². The average Bonchev–Trinajstić information content (AvgIpc) is 3.04. The lowest BCUT2D eigenvalue weighted by atomic mass is 9.75. The number of hydrogen-bond acceptors (Lipinski definition) is 7. The number of amides is 2. The van der Waals surface area contributed by atoms with E-state index in [9.17, 15) is 9.59 Å². The molecule has 1 saturated heterocycles. The Bertz CT molecular complexity index is 1000. The third kappa shape index (κ3) is 6.45. The second-order valence-electron chi connectivity index (χ2n) is 9.78. The number of benzene rings is 1. The van der Waals surface area contributed by atoms with Gasteiger partial charge in [-0.25, -0.2) is 4.98 Å². The number of aryl methyl sites for hydroxylation is 1. The monoisotopic (exact) mass is 482 g/mol. The van der Waals surface area contributed by atoms with E-state index >= 15 is 0 Å². The number of carbonyl (C=O) groups excluding carboxylic acids is 2. The van der Waals surface area contributed by atoms with Gasteiger partial charge in [-0.3, -0.25) is 14.6 Å². The highest BCUT2D eigenvalue weighted by molar-refractivity contribution is 6.48. The molecule has 0 radical (unpaired) electrons. The van der Waals surface area contributed by atoms with Crippen molar-refractivity contribution in [2.45, 2.75) is 70.0 Å². The molecule has 1 aliphatic heterocycles. The van der Waals surface area contributed by atoms with Gasteiger partial charge in [0.1, 0.15) is 11.6 Å². The highest BCUT2D eigenvalue weighted by atomic mass is 16.7. The van der Waals surface area contributed by atoms with Crippen molar-refractivity contribution in [1.82, 2.24) is 15.3 Å². The maximum atomic E-state index is 13.5. The zero-order chi connectivity index (χ0) is 25.6. The normalized spacial score (nSPS) is 18.1. The summed E-state index contributed by atoms with van der Waals surface area (Å²) < 4.78 is 17.8. The minimum absolute atomic E-state index is 0.00487. The van der Waals surface area contributed by atoms with Crippen LogP contribution in [0.1, 0.15) is 68.2 Å². The summed E-state index contributed by atoms with van der Waals surface area (Å²) >= 11 is 0. The van der Waals surface area contributed by atoms with Crippen LogP contribution in [-0.2, 0) is 25.3 Å². The third-order valence-corrected chi connectivity index (χ3v) is 6.69. The number of nitrogens with zero attached hydrogens (tertiary/aromatic N) is 2. The second kappa shape index (κ2) is 11.3. The molecule has 1 fully saturated rings. The number of carbonyl (C=O) groups is 2. The number of hydrogen-bond donors (Lipinski definition) is 2. The zero-order valence-corrected chi connectivity index (χ0v) is 21.1. The number of rotatable bonds is 11. The number of nitrogens with two attached hydrogens (primary N) is 1. The molecule has 2 aromatic rings. The fourth-order valence-corrected chi connectivity index (χ4v) is 4.02. The van der Waals surface area contributed by atoms with E-state index in [4.69, 9.17) is 19.8 Å². The minimum Gasteiger partial charge on any atom is -0.402 e. The first kappa shape index (κ1) is 26.8. The summed E-state index contributed by atoms with van der Waals surface area (Å²) in [5.74, 6) is -2.43. The molecule has 2 amide bonds. The van der Waals surface area contributed by atoms with Crippen LogP contribution in [0.4, 0.5) is 0 Å². The molecule has 1 aromatic carbocycles. The Morgan fingerprint density at radius 2 is 1.71 bits per heavy atom. The quantitative estimate of drug-likeness (QED) is 0.471. The average molecular weight is 482 g/mol. The number of primary amides is 1. The molecule has 2 heterocycles. The number of methoxy groups -OCH3 is 1.